The highest BCUT2D eigenvalue weighted by molar-refractivity contribution is 6.31. The Bertz CT molecular complexity index is 367. The van der Waals surface area contributed by atoms with Gasteiger partial charge < -0.3 is 10.5 Å². The van der Waals surface area contributed by atoms with E-state index in [4.69, 9.17) is 27.9 Å². The summed E-state index contributed by atoms with van der Waals surface area (Å²) >= 11 is 5.99. The number of nitrogens with two attached hydrogens (primary N) is 2. The minimum Gasteiger partial charge on any atom is -0.496 e. The van der Waals surface area contributed by atoms with E-state index >= 15 is 0 Å². The van der Waals surface area contributed by atoms with Crippen molar-refractivity contribution in [1.29, 1.82) is 0 Å². The summed E-state index contributed by atoms with van der Waals surface area (Å²) < 4.78 is 5.15. The maximum Gasteiger partial charge on any atom is 0.203 e. The number of aliphatic imine (C=N–C) groups is 1. The van der Waals surface area contributed by atoms with Crippen molar-refractivity contribution in [2.24, 2.45) is 16.6 Å². The van der Waals surface area contributed by atoms with Gasteiger partial charge in [0.05, 0.1) is 13.7 Å². The Morgan fingerprint density at radius 1 is 1.60 bits per heavy atom. The van der Waals surface area contributed by atoms with Crippen molar-refractivity contribution in [2.75, 3.05) is 7.11 Å². The van der Waals surface area contributed by atoms with Gasteiger partial charge in [0.1, 0.15) is 5.75 Å². The Hall–Kier alpha value is -1.46. The van der Waals surface area contributed by atoms with E-state index in [2.05, 4.69) is 10.4 Å². The molecule has 1 aromatic rings. The number of benzene rings is 1. The van der Waals surface area contributed by atoms with Gasteiger partial charge in [-0.1, -0.05) is 17.7 Å². The maximum absolute atomic E-state index is 5.99. The van der Waals surface area contributed by atoms with Crippen molar-refractivity contribution in [2.45, 2.75) is 6.54 Å². The number of rotatable bonds is 3. The first-order valence-corrected chi connectivity index (χ1v) is 4.64. The zero-order chi connectivity index (χ0) is 11.3. The molecule has 5 nitrogen and oxygen atoms in total. The Balaban J connectivity index is 2.92. The van der Waals surface area contributed by atoms with Crippen LogP contribution in [0.4, 0.5) is 0 Å². The first kappa shape index (κ1) is 11.6. The average Bonchev–Trinajstić information content (AvgIpc) is 2.26. The van der Waals surface area contributed by atoms with E-state index in [0.717, 1.165) is 5.56 Å². The minimum atomic E-state index is 0.150. The lowest BCUT2D eigenvalue weighted by Crippen LogP contribution is -2.37. The molecule has 0 atom stereocenters. The molecule has 1 rings (SSSR count). The van der Waals surface area contributed by atoms with Gasteiger partial charge in [0, 0.05) is 10.6 Å². The van der Waals surface area contributed by atoms with Gasteiger partial charge in [-0.25, -0.2) is 10.8 Å². The Morgan fingerprint density at radius 2 is 2.33 bits per heavy atom. The molecule has 0 heterocycles. The molecule has 0 unspecified atom stereocenters. The summed E-state index contributed by atoms with van der Waals surface area (Å²) in [4.78, 5) is 3.98. The first-order chi connectivity index (χ1) is 7.19. The lowest BCUT2D eigenvalue weighted by molar-refractivity contribution is 0.410. The molecule has 0 fully saturated rings. The monoisotopic (exact) mass is 228 g/mol. The van der Waals surface area contributed by atoms with Gasteiger partial charge in [0.2, 0.25) is 5.96 Å². The third-order valence-corrected chi connectivity index (χ3v) is 2.21. The number of hydrazine groups is 1. The number of guanidine groups is 1. The number of methoxy groups -OCH3 is 1. The van der Waals surface area contributed by atoms with Crippen LogP contribution in [0.3, 0.4) is 0 Å². The van der Waals surface area contributed by atoms with E-state index in [1.54, 1.807) is 19.2 Å². The third kappa shape index (κ3) is 3.00. The van der Waals surface area contributed by atoms with E-state index in [1.807, 2.05) is 6.07 Å². The fourth-order valence-corrected chi connectivity index (χ4v) is 1.32. The second kappa shape index (κ2) is 5.43. The highest BCUT2D eigenvalue weighted by atomic mass is 35.5. The number of nitrogens with zero attached hydrogens (tertiary/aromatic N) is 1. The van der Waals surface area contributed by atoms with Crippen LogP contribution in [0, 0.1) is 0 Å². The Labute approximate surface area is 93.0 Å². The standard InChI is InChI=1S/C9H13ClN4O/c1-15-8-4-2-3-7(10)6(8)5-13-9(11)14-12/h2-4H,5,12H2,1H3,(H3,11,13,14). The average molecular weight is 229 g/mol. The highest BCUT2D eigenvalue weighted by Gasteiger charge is 2.06. The number of hydrogen-bond acceptors (Lipinski definition) is 3. The Morgan fingerprint density at radius 3 is 2.93 bits per heavy atom. The van der Waals surface area contributed by atoms with Crippen LogP contribution in [0.2, 0.25) is 5.02 Å². The van der Waals surface area contributed by atoms with Crippen molar-refractivity contribution in [1.82, 2.24) is 5.43 Å². The van der Waals surface area contributed by atoms with Crippen LogP contribution >= 0.6 is 11.6 Å². The van der Waals surface area contributed by atoms with E-state index in [1.165, 1.54) is 0 Å². The summed E-state index contributed by atoms with van der Waals surface area (Å²) in [5.41, 5.74) is 8.41. The molecule has 6 heteroatoms. The predicted molar refractivity (Wildman–Crippen MR) is 60.7 cm³/mol. The van der Waals surface area contributed by atoms with Crippen molar-refractivity contribution in [3.8, 4) is 5.75 Å². The molecular formula is C9H13ClN4O. The lowest BCUT2D eigenvalue weighted by Gasteiger charge is -2.08. The fourth-order valence-electron chi connectivity index (χ4n) is 1.09. The van der Waals surface area contributed by atoms with Crippen molar-refractivity contribution in [3.63, 3.8) is 0 Å². The van der Waals surface area contributed by atoms with Crippen LogP contribution in [-0.2, 0) is 6.54 Å². The van der Waals surface area contributed by atoms with Gasteiger partial charge in [0.25, 0.3) is 0 Å². The van der Waals surface area contributed by atoms with Crippen molar-refractivity contribution in [3.05, 3.63) is 28.8 Å². The van der Waals surface area contributed by atoms with Crippen LogP contribution in [0.1, 0.15) is 5.56 Å². The van der Waals surface area contributed by atoms with E-state index in [-0.39, 0.29) is 5.96 Å². The van der Waals surface area contributed by atoms with Gasteiger partial charge >= 0.3 is 0 Å². The molecule has 0 bridgehead atoms. The molecule has 0 aliphatic carbocycles. The van der Waals surface area contributed by atoms with E-state index in [0.29, 0.717) is 17.3 Å². The first-order valence-electron chi connectivity index (χ1n) is 4.27. The molecule has 0 aliphatic rings. The van der Waals surface area contributed by atoms with Crippen LogP contribution in [0.15, 0.2) is 23.2 Å². The van der Waals surface area contributed by atoms with E-state index < -0.39 is 0 Å². The normalized spacial score (nSPS) is 11.3. The molecule has 0 radical (unpaired) electrons. The number of hydrogen-bond donors (Lipinski definition) is 3. The van der Waals surface area contributed by atoms with Gasteiger partial charge in [0.15, 0.2) is 0 Å². The third-order valence-electron chi connectivity index (χ3n) is 1.85. The molecule has 5 N–H and O–H groups in total. The summed E-state index contributed by atoms with van der Waals surface area (Å²) in [5, 5.41) is 0.586. The molecule has 0 aliphatic heterocycles. The van der Waals surface area contributed by atoms with Gasteiger partial charge in [-0.05, 0) is 12.1 Å². The molecule has 0 amide bonds. The number of nitrogens with one attached hydrogen (secondary N) is 1. The summed E-state index contributed by atoms with van der Waals surface area (Å²) in [6.07, 6.45) is 0. The van der Waals surface area contributed by atoms with Gasteiger partial charge in [-0.2, -0.15) is 0 Å². The van der Waals surface area contributed by atoms with Crippen molar-refractivity contribution >= 4 is 17.6 Å². The maximum atomic E-state index is 5.99. The second-order valence-electron chi connectivity index (χ2n) is 2.77. The summed E-state index contributed by atoms with van der Waals surface area (Å²) in [7, 11) is 1.57. The topological polar surface area (TPSA) is 85.7 Å². The smallest absolute Gasteiger partial charge is 0.203 e. The SMILES string of the molecule is COc1cccc(Cl)c1CN=C(N)NN. The largest absolute Gasteiger partial charge is 0.496 e. The second-order valence-corrected chi connectivity index (χ2v) is 3.17. The van der Waals surface area contributed by atoms with Crippen molar-refractivity contribution < 1.29 is 4.74 Å². The zero-order valence-electron chi connectivity index (χ0n) is 8.33. The molecule has 15 heavy (non-hydrogen) atoms. The molecule has 0 spiro atoms. The minimum absolute atomic E-state index is 0.150. The predicted octanol–water partition coefficient (Wildman–Crippen LogP) is 0.627. The number of halogens is 1. The molecule has 1 aromatic carbocycles. The fraction of sp³-hybridized carbons (Fsp3) is 0.222. The zero-order valence-corrected chi connectivity index (χ0v) is 9.08. The summed E-state index contributed by atoms with van der Waals surface area (Å²) in [6, 6.07) is 5.38. The quantitative estimate of drug-likeness (QED) is 0.307. The molecule has 0 saturated heterocycles. The number of ether oxygens (including phenoxy) is 1. The van der Waals surface area contributed by atoms with Crippen LogP contribution in [0.5, 0.6) is 5.75 Å². The molecule has 0 saturated carbocycles. The molecular weight excluding hydrogens is 216 g/mol. The van der Waals surface area contributed by atoms with Crippen LogP contribution in [-0.4, -0.2) is 13.1 Å². The van der Waals surface area contributed by atoms with Crippen LogP contribution in [0.25, 0.3) is 0 Å². The summed E-state index contributed by atoms with van der Waals surface area (Å²) in [5.74, 6) is 5.90. The molecule has 0 aromatic heterocycles. The Kier molecular flexibility index (Phi) is 4.20. The lowest BCUT2D eigenvalue weighted by atomic mass is 10.2. The van der Waals surface area contributed by atoms with Crippen LogP contribution < -0.4 is 21.7 Å². The molecule has 82 valence electrons. The van der Waals surface area contributed by atoms with Gasteiger partial charge in [-0.3, -0.25) is 5.43 Å². The van der Waals surface area contributed by atoms with E-state index in [9.17, 15) is 0 Å². The highest BCUT2D eigenvalue weighted by Crippen LogP contribution is 2.26. The van der Waals surface area contributed by atoms with Gasteiger partial charge in [-0.15, -0.1) is 0 Å². The summed E-state index contributed by atoms with van der Waals surface area (Å²) in [6.45, 7) is 0.318.